The highest BCUT2D eigenvalue weighted by Gasteiger charge is 2.31. The molecule has 2 fully saturated rings. The number of rotatable bonds is 4. The van der Waals surface area contributed by atoms with Crippen LogP contribution in [0.4, 0.5) is 5.00 Å². The van der Waals surface area contributed by atoms with Crippen LogP contribution in [0.2, 0.25) is 0 Å². The van der Waals surface area contributed by atoms with Gasteiger partial charge in [-0.2, -0.15) is 0 Å². The number of methoxy groups -OCH3 is 1. The summed E-state index contributed by atoms with van der Waals surface area (Å²) in [5, 5.41) is 3.52. The fraction of sp³-hybridized carbons (Fsp3) is 0.647. The number of hydrogen-bond donors (Lipinski definition) is 1. The lowest BCUT2D eigenvalue weighted by molar-refractivity contribution is -0.117. The van der Waals surface area contributed by atoms with E-state index in [-0.39, 0.29) is 5.91 Å². The SMILES string of the molecule is COC(=O)c1c(NC(=O)CN2CCN3CCCC3C2)sc(C)c1C. The van der Waals surface area contributed by atoms with E-state index in [2.05, 4.69) is 15.1 Å². The Kier molecular flexibility index (Phi) is 5.22. The smallest absolute Gasteiger partial charge is 0.341 e. The van der Waals surface area contributed by atoms with Gasteiger partial charge in [0.2, 0.25) is 5.91 Å². The lowest BCUT2D eigenvalue weighted by atomic mass is 10.1. The zero-order chi connectivity index (χ0) is 17.3. The van der Waals surface area contributed by atoms with Crippen LogP contribution in [0.25, 0.3) is 0 Å². The predicted molar refractivity (Wildman–Crippen MR) is 94.8 cm³/mol. The van der Waals surface area contributed by atoms with Crippen LogP contribution in [0.5, 0.6) is 0 Å². The van der Waals surface area contributed by atoms with Gasteiger partial charge in [0.1, 0.15) is 5.00 Å². The zero-order valence-corrected chi connectivity index (χ0v) is 15.4. The number of carbonyl (C=O) groups excluding carboxylic acids is 2. The van der Waals surface area contributed by atoms with Crippen LogP contribution in [-0.2, 0) is 9.53 Å². The third-order valence-electron chi connectivity index (χ3n) is 5.07. The molecule has 0 saturated carbocycles. The van der Waals surface area contributed by atoms with Crippen LogP contribution in [0, 0.1) is 13.8 Å². The van der Waals surface area contributed by atoms with Crippen molar-refractivity contribution in [2.24, 2.45) is 0 Å². The molecule has 3 rings (SSSR count). The fourth-order valence-corrected chi connectivity index (χ4v) is 4.70. The Bertz CT molecular complexity index is 643. The second-order valence-electron chi connectivity index (χ2n) is 6.59. The van der Waals surface area contributed by atoms with Crippen molar-refractivity contribution in [2.45, 2.75) is 32.7 Å². The highest BCUT2D eigenvalue weighted by atomic mass is 32.1. The number of esters is 1. The maximum Gasteiger partial charge on any atom is 0.341 e. The lowest BCUT2D eigenvalue weighted by Gasteiger charge is -2.37. The minimum absolute atomic E-state index is 0.0622. The molecule has 6 nitrogen and oxygen atoms in total. The van der Waals surface area contributed by atoms with Gasteiger partial charge < -0.3 is 10.1 Å². The van der Waals surface area contributed by atoms with Crippen LogP contribution in [0.3, 0.4) is 0 Å². The number of nitrogens with zero attached hydrogens (tertiary/aromatic N) is 2. The van der Waals surface area contributed by atoms with Crippen molar-refractivity contribution in [2.75, 3.05) is 45.2 Å². The van der Waals surface area contributed by atoms with Crippen molar-refractivity contribution in [1.29, 1.82) is 0 Å². The zero-order valence-electron chi connectivity index (χ0n) is 14.6. The summed E-state index contributed by atoms with van der Waals surface area (Å²) in [6, 6.07) is 0.600. The van der Waals surface area contributed by atoms with E-state index in [0.29, 0.717) is 23.2 Å². The van der Waals surface area contributed by atoms with Crippen molar-refractivity contribution >= 4 is 28.2 Å². The van der Waals surface area contributed by atoms with Gasteiger partial charge in [-0.25, -0.2) is 4.79 Å². The molecule has 1 amide bonds. The summed E-state index contributed by atoms with van der Waals surface area (Å²) in [4.78, 5) is 30.2. The van der Waals surface area contributed by atoms with Gasteiger partial charge in [-0.3, -0.25) is 14.6 Å². The number of amides is 1. The molecule has 1 aromatic heterocycles. The second kappa shape index (κ2) is 7.21. The number of anilines is 1. The molecule has 1 atom stereocenters. The lowest BCUT2D eigenvalue weighted by Crippen LogP contribution is -2.51. The first-order valence-electron chi connectivity index (χ1n) is 8.44. The number of fused-ring (bicyclic) bond motifs is 1. The normalized spacial score (nSPS) is 21.5. The third kappa shape index (κ3) is 3.48. The van der Waals surface area contributed by atoms with Crippen molar-refractivity contribution < 1.29 is 14.3 Å². The van der Waals surface area contributed by atoms with Gasteiger partial charge in [-0.15, -0.1) is 11.3 Å². The number of thiophene rings is 1. The van der Waals surface area contributed by atoms with Gasteiger partial charge in [0.15, 0.2) is 0 Å². The number of carbonyl (C=O) groups is 2. The molecule has 0 aromatic carbocycles. The van der Waals surface area contributed by atoms with Crippen molar-refractivity contribution in [3.8, 4) is 0 Å². The summed E-state index contributed by atoms with van der Waals surface area (Å²) >= 11 is 1.43. The summed E-state index contributed by atoms with van der Waals surface area (Å²) in [6.45, 7) is 8.33. The Balaban J connectivity index is 1.63. The van der Waals surface area contributed by atoms with Crippen molar-refractivity contribution in [3.05, 3.63) is 16.0 Å². The average molecular weight is 351 g/mol. The molecule has 0 aliphatic carbocycles. The predicted octanol–water partition coefficient (Wildman–Crippen LogP) is 1.87. The molecule has 1 aromatic rings. The third-order valence-corrected chi connectivity index (χ3v) is 6.19. The molecule has 1 unspecified atom stereocenters. The number of hydrogen-bond acceptors (Lipinski definition) is 6. The Labute approximate surface area is 146 Å². The largest absolute Gasteiger partial charge is 0.465 e. The van der Waals surface area contributed by atoms with E-state index in [0.717, 1.165) is 30.1 Å². The fourth-order valence-electron chi connectivity index (χ4n) is 3.63. The van der Waals surface area contributed by atoms with Crippen LogP contribution in [0.1, 0.15) is 33.6 Å². The number of piperazine rings is 1. The van der Waals surface area contributed by atoms with Gasteiger partial charge >= 0.3 is 5.97 Å². The summed E-state index contributed by atoms with van der Waals surface area (Å²) in [5.74, 6) is -0.459. The minimum atomic E-state index is -0.397. The highest BCUT2D eigenvalue weighted by molar-refractivity contribution is 7.16. The molecule has 2 aliphatic rings. The molecule has 7 heteroatoms. The van der Waals surface area contributed by atoms with E-state index in [1.165, 1.54) is 37.8 Å². The maximum atomic E-state index is 12.4. The van der Waals surface area contributed by atoms with E-state index in [1.54, 1.807) is 0 Å². The Morgan fingerprint density at radius 1 is 1.29 bits per heavy atom. The van der Waals surface area contributed by atoms with Crippen LogP contribution >= 0.6 is 11.3 Å². The first-order chi connectivity index (χ1) is 11.5. The molecular weight excluding hydrogens is 326 g/mol. The molecule has 1 N–H and O–H groups in total. The Morgan fingerprint density at radius 2 is 2.08 bits per heavy atom. The monoisotopic (exact) mass is 351 g/mol. The van der Waals surface area contributed by atoms with E-state index in [4.69, 9.17) is 4.74 Å². The molecule has 24 heavy (non-hydrogen) atoms. The quantitative estimate of drug-likeness (QED) is 0.839. The molecule has 2 saturated heterocycles. The van der Waals surface area contributed by atoms with Crippen LogP contribution in [0.15, 0.2) is 0 Å². The molecule has 2 aliphatic heterocycles. The molecule has 0 spiro atoms. The molecule has 0 bridgehead atoms. The van der Waals surface area contributed by atoms with E-state index in [1.807, 2.05) is 13.8 Å². The van der Waals surface area contributed by atoms with E-state index >= 15 is 0 Å². The van der Waals surface area contributed by atoms with Crippen LogP contribution in [-0.4, -0.2) is 67.6 Å². The van der Waals surface area contributed by atoms with Gasteiger partial charge in [0, 0.05) is 30.6 Å². The standard InChI is InChI=1S/C17H25N3O3S/c1-11-12(2)24-16(15(11)17(22)23-3)18-14(21)10-19-7-8-20-6-4-5-13(20)9-19/h13H,4-10H2,1-3H3,(H,18,21). The summed E-state index contributed by atoms with van der Waals surface area (Å²) in [5.41, 5.74) is 1.36. The van der Waals surface area contributed by atoms with Gasteiger partial charge in [-0.05, 0) is 38.8 Å². The van der Waals surface area contributed by atoms with Gasteiger partial charge in [0.25, 0.3) is 0 Å². The number of ether oxygens (including phenoxy) is 1. The van der Waals surface area contributed by atoms with Crippen molar-refractivity contribution in [1.82, 2.24) is 9.80 Å². The summed E-state index contributed by atoms with van der Waals surface area (Å²) < 4.78 is 4.85. The maximum absolute atomic E-state index is 12.4. The minimum Gasteiger partial charge on any atom is -0.465 e. The van der Waals surface area contributed by atoms with E-state index in [9.17, 15) is 9.59 Å². The van der Waals surface area contributed by atoms with Gasteiger partial charge in [-0.1, -0.05) is 0 Å². The molecular formula is C17H25N3O3S. The summed E-state index contributed by atoms with van der Waals surface area (Å²) in [7, 11) is 1.36. The molecule has 0 radical (unpaired) electrons. The highest BCUT2D eigenvalue weighted by Crippen LogP contribution is 2.33. The second-order valence-corrected chi connectivity index (χ2v) is 7.82. The average Bonchev–Trinajstić information content (AvgIpc) is 3.11. The molecule has 132 valence electrons. The Hall–Kier alpha value is -1.44. The van der Waals surface area contributed by atoms with E-state index < -0.39 is 5.97 Å². The first-order valence-corrected chi connectivity index (χ1v) is 9.25. The number of aryl methyl sites for hydroxylation is 1. The molecule has 3 heterocycles. The van der Waals surface area contributed by atoms with Crippen molar-refractivity contribution in [3.63, 3.8) is 0 Å². The Morgan fingerprint density at radius 3 is 2.83 bits per heavy atom. The number of nitrogens with one attached hydrogen (secondary N) is 1. The first kappa shape index (κ1) is 17.4. The summed E-state index contributed by atoms with van der Waals surface area (Å²) in [6.07, 6.45) is 2.49. The van der Waals surface area contributed by atoms with Gasteiger partial charge in [0.05, 0.1) is 19.2 Å². The topological polar surface area (TPSA) is 61.9 Å². The van der Waals surface area contributed by atoms with Crippen LogP contribution < -0.4 is 5.32 Å².